The number of imidazole rings is 1. The Morgan fingerprint density at radius 1 is 0.919 bits per heavy atom. The number of nitrogens with zero attached hydrogens (tertiary/aromatic N) is 5. The number of pyridine rings is 3. The first kappa shape index (κ1) is 23.9. The first-order chi connectivity index (χ1) is 17.8. The van der Waals surface area contributed by atoms with Gasteiger partial charge in [-0.15, -0.1) is 0 Å². The van der Waals surface area contributed by atoms with Crippen LogP contribution in [-0.2, 0) is 11.3 Å². The highest BCUT2D eigenvalue weighted by Crippen LogP contribution is 2.31. The van der Waals surface area contributed by atoms with E-state index in [1.54, 1.807) is 12.4 Å². The molecule has 0 fully saturated rings. The number of ether oxygens (including phenoxy) is 1. The number of nitrogens with one attached hydrogen (secondary N) is 1. The van der Waals surface area contributed by atoms with Crippen LogP contribution in [0.15, 0.2) is 79.1 Å². The number of aromatic nitrogens is 5. The minimum Gasteiger partial charge on any atom is -0.444 e. The molecule has 0 unspecified atom stereocenters. The zero-order chi connectivity index (χ0) is 26.0. The molecule has 0 bridgehead atoms. The lowest BCUT2D eigenvalue weighted by atomic mass is 10.2. The average molecular weight is 494 g/mol. The first-order valence-electron chi connectivity index (χ1n) is 11.9. The van der Waals surface area contributed by atoms with Gasteiger partial charge < -0.3 is 15.8 Å². The lowest BCUT2D eigenvalue weighted by Crippen LogP contribution is -2.32. The van der Waals surface area contributed by atoms with Crippen LogP contribution in [0, 0.1) is 0 Å². The Balaban J connectivity index is 1.55. The van der Waals surface area contributed by atoms with Crippen molar-refractivity contribution in [1.29, 1.82) is 0 Å². The number of hydrogen-bond donors (Lipinski definition) is 2. The summed E-state index contributed by atoms with van der Waals surface area (Å²) in [5, 5.41) is 2.79. The van der Waals surface area contributed by atoms with Crippen molar-refractivity contribution in [3.05, 3.63) is 84.7 Å². The van der Waals surface area contributed by atoms with E-state index in [0.29, 0.717) is 34.9 Å². The van der Waals surface area contributed by atoms with Gasteiger partial charge in [-0.25, -0.2) is 19.7 Å². The molecule has 186 valence electrons. The van der Waals surface area contributed by atoms with Crippen LogP contribution in [0.25, 0.3) is 39.6 Å². The molecular formula is C28H27N7O2. The minimum absolute atomic E-state index is 0.338. The Labute approximate surface area is 214 Å². The zero-order valence-corrected chi connectivity index (χ0v) is 20.8. The second-order valence-corrected chi connectivity index (χ2v) is 9.48. The number of carbonyl (C=O) groups is 1. The van der Waals surface area contributed by atoms with Gasteiger partial charge in [-0.3, -0.25) is 9.55 Å². The van der Waals surface area contributed by atoms with Gasteiger partial charge in [0.05, 0.1) is 17.0 Å². The highest BCUT2D eigenvalue weighted by atomic mass is 16.6. The van der Waals surface area contributed by atoms with Crippen molar-refractivity contribution in [2.24, 2.45) is 0 Å². The highest BCUT2D eigenvalue weighted by Gasteiger charge is 2.19. The van der Waals surface area contributed by atoms with Crippen molar-refractivity contribution in [3.8, 4) is 28.5 Å². The Kier molecular flexibility index (Phi) is 6.27. The number of benzene rings is 1. The Morgan fingerprint density at radius 3 is 2.41 bits per heavy atom. The van der Waals surface area contributed by atoms with E-state index in [-0.39, 0.29) is 0 Å². The molecule has 5 rings (SSSR count). The maximum absolute atomic E-state index is 12.0. The normalized spacial score (nSPS) is 11.4. The maximum atomic E-state index is 12.0. The molecule has 0 saturated carbocycles. The molecule has 0 atom stereocenters. The Bertz CT molecular complexity index is 1560. The van der Waals surface area contributed by atoms with E-state index < -0.39 is 11.7 Å². The summed E-state index contributed by atoms with van der Waals surface area (Å²) in [4.78, 5) is 30.5. The summed E-state index contributed by atoms with van der Waals surface area (Å²) < 4.78 is 7.28. The number of nitrogen functional groups attached to an aromatic ring is 1. The van der Waals surface area contributed by atoms with Crippen molar-refractivity contribution >= 4 is 23.1 Å². The smallest absolute Gasteiger partial charge is 0.407 e. The summed E-state index contributed by atoms with van der Waals surface area (Å²) in [6, 6.07) is 21.1. The van der Waals surface area contributed by atoms with Crippen molar-refractivity contribution in [3.63, 3.8) is 0 Å². The lowest BCUT2D eigenvalue weighted by Gasteiger charge is -2.19. The van der Waals surface area contributed by atoms with Crippen LogP contribution < -0.4 is 11.1 Å². The van der Waals surface area contributed by atoms with Gasteiger partial charge in [0.25, 0.3) is 0 Å². The first-order valence-corrected chi connectivity index (χ1v) is 11.9. The van der Waals surface area contributed by atoms with Crippen LogP contribution in [0.1, 0.15) is 26.3 Å². The van der Waals surface area contributed by atoms with E-state index in [9.17, 15) is 4.79 Å². The quantitative estimate of drug-likeness (QED) is 0.347. The van der Waals surface area contributed by atoms with E-state index in [1.165, 1.54) is 0 Å². The molecule has 9 nitrogen and oxygen atoms in total. The van der Waals surface area contributed by atoms with E-state index in [4.69, 9.17) is 20.4 Å². The van der Waals surface area contributed by atoms with Crippen LogP contribution in [-0.4, -0.2) is 36.2 Å². The molecule has 0 aliphatic carbocycles. The number of nitrogens with two attached hydrogens (primary N) is 1. The molecule has 1 amide bonds. The molecule has 5 aromatic rings. The van der Waals surface area contributed by atoms with Crippen LogP contribution in [0.3, 0.4) is 0 Å². The van der Waals surface area contributed by atoms with Crippen LogP contribution in [0.5, 0.6) is 0 Å². The molecule has 0 spiro atoms. The SMILES string of the molecule is CC(C)(C)OC(=O)NCc1ccc(-n2c(-c3cccnc3N)nc3ccc(-c4ccccn4)nc32)cc1. The monoisotopic (exact) mass is 493 g/mol. The predicted molar refractivity (Wildman–Crippen MR) is 143 cm³/mol. The molecule has 9 heteroatoms. The fourth-order valence-electron chi connectivity index (χ4n) is 3.90. The number of hydrogen-bond acceptors (Lipinski definition) is 7. The van der Waals surface area contributed by atoms with E-state index in [2.05, 4.69) is 15.3 Å². The zero-order valence-electron chi connectivity index (χ0n) is 20.8. The molecule has 1 aromatic carbocycles. The van der Waals surface area contributed by atoms with Crippen LogP contribution >= 0.6 is 0 Å². The number of anilines is 1. The summed E-state index contributed by atoms with van der Waals surface area (Å²) in [5.41, 5.74) is 11.0. The second-order valence-electron chi connectivity index (χ2n) is 9.48. The molecular weight excluding hydrogens is 466 g/mol. The van der Waals surface area contributed by atoms with Gasteiger partial charge in [-0.2, -0.15) is 0 Å². The number of rotatable bonds is 5. The van der Waals surface area contributed by atoms with Crippen molar-refractivity contribution in [2.45, 2.75) is 32.9 Å². The highest BCUT2D eigenvalue weighted by molar-refractivity contribution is 5.84. The third-order valence-corrected chi connectivity index (χ3v) is 5.54. The van der Waals surface area contributed by atoms with Gasteiger partial charge in [0, 0.05) is 24.6 Å². The molecule has 4 heterocycles. The van der Waals surface area contributed by atoms with Gasteiger partial charge in [0.2, 0.25) is 0 Å². The van der Waals surface area contributed by atoms with Crippen LogP contribution in [0.4, 0.5) is 10.6 Å². The molecule has 0 aliphatic rings. The molecule has 0 saturated heterocycles. The van der Waals surface area contributed by atoms with Crippen molar-refractivity contribution < 1.29 is 9.53 Å². The van der Waals surface area contributed by atoms with E-state index >= 15 is 0 Å². The summed E-state index contributed by atoms with van der Waals surface area (Å²) in [6.45, 7) is 5.83. The number of carbonyl (C=O) groups excluding carboxylic acids is 1. The standard InChI is InChI=1S/C28H27N7O2/c1-28(2,3)37-27(36)32-17-18-9-11-19(12-10-18)35-25(20-7-6-16-31-24(20)29)34-23-14-13-22(33-26(23)35)21-8-4-5-15-30-21/h4-16H,17H2,1-3H3,(H2,29,31)(H,32,36). The lowest BCUT2D eigenvalue weighted by molar-refractivity contribution is 0.0523. The molecule has 0 radical (unpaired) electrons. The average Bonchev–Trinajstić information content (AvgIpc) is 3.26. The summed E-state index contributed by atoms with van der Waals surface area (Å²) in [5.74, 6) is 1.01. The third kappa shape index (κ3) is 5.25. The molecule has 0 aliphatic heterocycles. The summed E-state index contributed by atoms with van der Waals surface area (Å²) in [7, 11) is 0. The Hall–Kier alpha value is -4.79. The minimum atomic E-state index is -0.553. The third-order valence-electron chi connectivity index (χ3n) is 5.54. The van der Waals surface area contributed by atoms with E-state index in [1.807, 2.05) is 92.1 Å². The summed E-state index contributed by atoms with van der Waals surface area (Å²) in [6.07, 6.45) is 2.93. The summed E-state index contributed by atoms with van der Waals surface area (Å²) >= 11 is 0. The van der Waals surface area contributed by atoms with Crippen LogP contribution in [0.2, 0.25) is 0 Å². The molecule has 4 aromatic heterocycles. The van der Waals surface area contributed by atoms with Gasteiger partial charge >= 0.3 is 6.09 Å². The Morgan fingerprint density at radius 2 is 1.70 bits per heavy atom. The van der Waals surface area contributed by atoms with Gasteiger partial charge in [-0.1, -0.05) is 18.2 Å². The fourth-order valence-corrected chi connectivity index (χ4v) is 3.90. The van der Waals surface area contributed by atoms with Crippen molar-refractivity contribution in [1.82, 2.24) is 29.8 Å². The number of amides is 1. The molecule has 37 heavy (non-hydrogen) atoms. The fraction of sp³-hybridized carbons (Fsp3) is 0.179. The van der Waals surface area contributed by atoms with Crippen molar-refractivity contribution in [2.75, 3.05) is 5.73 Å². The largest absolute Gasteiger partial charge is 0.444 e. The van der Waals surface area contributed by atoms with Gasteiger partial charge in [0.1, 0.15) is 16.9 Å². The number of fused-ring (bicyclic) bond motifs is 1. The van der Waals surface area contributed by atoms with E-state index in [0.717, 1.165) is 22.6 Å². The predicted octanol–water partition coefficient (Wildman–Crippen LogP) is 5.15. The second kappa shape index (κ2) is 9.69. The van der Waals surface area contributed by atoms with Gasteiger partial charge in [0.15, 0.2) is 11.5 Å². The molecule has 3 N–H and O–H groups in total. The van der Waals surface area contributed by atoms with Gasteiger partial charge in [-0.05, 0) is 74.9 Å². The topological polar surface area (TPSA) is 121 Å². The maximum Gasteiger partial charge on any atom is 0.407 e. The number of alkyl carbamates (subject to hydrolysis) is 1.